The number of urea groups is 1. The Hall–Kier alpha value is -2.06. The molecule has 1 saturated heterocycles. The second kappa shape index (κ2) is 8.54. The van der Waals surface area contributed by atoms with E-state index >= 15 is 0 Å². The molecule has 23 heavy (non-hydrogen) atoms. The molecule has 1 atom stereocenters. The number of nitriles is 1. The first-order valence-corrected chi connectivity index (χ1v) is 8.22. The molecule has 0 aromatic heterocycles. The molecule has 0 unspecified atom stereocenters. The van der Waals surface area contributed by atoms with Crippen molar-refractivity contribution in [1.82, 2.24) is 10.2 Å². The zero-order valence-electron chi connectivity index (χ0n) is 13.9. The van der Waals surface area contributed by atoms with Gasteiger partial charge in [0.05, 0.1) is 17.7 Å². The molecule has 1 aliphatic rings. The minimum absolute atomic E-state index is 0.0673. The number of ether oxygens (including phenoxy) is 1. The molecule has 1 fully saturated rings. The average molecular weight is 315 g/mol. The van der Waals surface area contributed by atoms with Crippen LogP contribution in [0.3, 0.4) is 0 Å². The van der Waals surface area contributed by atoms with Crippen LogP contribution in [0.1, 0.15) is 37.8 Å². The standard InChI is InChI=1S/C18H25N3O2/c1-14(2)7-9-23-17-6-8-21(13-17)18(22)20-12-16-5-3-4-15(10-16)11-19/h3-5,10,14,17H,6-9,12-13H2,1-2H3,(H,20,22)/t17-/m0/s1. The Morgan fingerprint density at radius 1 is 1.52 bits per heavy atom. The van der Waals surface area contributed by atoms with Gasteiger partial charge >= 0.3 is 6.03 Å². The highest BCUT2D eigenvalue weighted by atomic mass is 16.5. The molecule has 0 saturated carbocycles. The second-order valence-electron chi connectivity index (χ2n) is 6.38. The van der Waals surface area contributed by atoms with Gasteiger partial charge in [-0.25, -0.2) is 4.79 Å². The van der Waals surface area contributed by atoms with Crippen LogP contribution in [0.25, 0.3) is 0 Å². The zero-order chi connectivity index (χ0) is 16.7. The molecule has 2 amide bonds. The lowest BCUT2D eigenvalue weighted by Gasteiger charge is -2.18. The quantitative estimate of drug-likeness (QED) is 0.878. The van der Waals surface area contributed by atoms with Gasteiger partial charge in [0.15, 0.2) is 0 Å². The van der Waals surface area contributed by atoms with Gasteiger partial charge in [-0.1, -0.05) is 26.0 Å². The van der Waals surface area contributed by atoms with Gasteiger partial charge in [-0.05, 0) is 36.5 Å². The van der Waals surface area contributed by atoms with Crippen molar-refractivity contribution in [3.63, 3.8) is 0 Å². The Morgan fingerprint density at radius 2 is 2.35 bits per heavy atom. The minimum Gasteiger partial charge on any atom is -0.376 e. The van der Waals surface area contributed by atoms with Gasteiger partial charge in [-0.15, -0.1) is 0 Å². The number of carbonyl (C=O) groups is 1. The molecule has 1 N–H and O–H groups in total. The minimum atomic E-state index is -0.0673. The van der Waals surface area contributed by atoms with Crippen molar-refractivity contribution in [2.24, 2.45) is 5.92 Å². The van der Waals surface area contributed by atoms with Gasteiger partial charge < -0.3 is 15.0 Å². The molecule has 0 bridgehead atoms. The summed E-state index contributed by atoms with van der Waals surface area (Å²) in [6.07, 6.45) is 2.11. The van der Waals surface area contributed by atoms with E-state index in [1.807, 2.05) is 12.1 Å². The Morgan fingerprint density at radius 3 is 3.09 bits per heavy atom. The molecule has 5 heteroatoms. The summed E-state index contributed by atoms with van der Waals surface area (Å²) in [7, 11) is 0. The van der Waals surface area contributed by atoms with Crippen LogP contribution in [0.5, 0.6) is 0 Å². The van der Waals surface area contributed by atoms with Gasteiger partial charge in [0, 0.05) is 26.2 Å². The lowest BCUT2D eigenvalue weighted by Crippen LogP contribution is -2.38. The molecule has 1 heterocycles. The third-order valence-electron chi connectivity index (χ3n) is 3.98. The average Bonchev–Trinajstić information content (AvgIpc) is 3.01. The molecule has 1 aliphatic heterocycles. The van der Waals surface area contributed by atoms with Crippen LogP contribution >= 0.6 is 0 Å². The maximum atomic E-state index is 12.2. The summed E-state index contributed by atoms with van der Waals surface area (Å²) in [6, 6.07) is 9.32. The van der Waals surface area contributed by atoms with Crippen molar-refractivity contribution in [1.29, 1.82) is 5.26 Å². The lowest BCUT2D eigenvalue weighted by molar-refractivity contribution is 0.0543. The Labute approximate surface area is 138 Å². The van der Waals surface area contributed by atoms with Crippen LogP contribution < -0.4 is 5.32 Å². The maximum Gasteiger partial charge on any atom is 0.317 e. The largest absolute Gasteiger partial charge is 0.376 e. The van der Waals surface area contributed by atoms with Gasteiger partial charge in [-0.3, -0.25) is 0 Å². The number of hydrogen-bond acceptors (Lipinski definition) is 3. The number of benzene rings is 1. The molecule has 1 aromatic carbocycles. The van der Waals surface area contributed by atoms with Crippen molar-refractivity contribution in [3.8, 4) is 6.07 Å². The van der Waals surface area contributed by atoms with E-state index in [9.17, 15) is 4.79 Å². The van der Waals surface area contributed by atoms with E-state index in [0.29, 0.717) is 24.6 Å². The van der Waals surface area contributed by atoms with Crippen LogP contribution in [-0.2, 0) is 11.3 Å². The van der Waals surface area contributed by atoms with E-state index in [1.165, 1.54) is 0 Å². The molecule has 0 aliphatic carbocycles. The van der Waals surface area contributed by atoms with Crippen molar-refractivity contribution >= 4 is 6.03 Å². The lowest BCUT2D eigenvalue weighted by atomic mass is 10.1. The van der Waals surface area contributed by atoms with Crippen molar-refractivity contribution in [2.45, 2.75) is 39.3 Å². The van der Waals surface area contributed by atoms with Gasteiger partial charge in [0.2, 0.25) is 0 Å². The fourth-order valence-electron chi connectivity index (χ4n) is 2.56. The third-order valence-corrected chi connectivity index (χ3v) is 3.98. The molecule has 1 aromatic rings. The van der Waals surface area contributed by atoms with Crippen molar-refractivity contribution < 1.29 is 9.53 Å². The van der Waals surface area contributed by atoms with Gasteiger partial charge in [0.25, 0.3) is 0 Å². The van der Waals surface area contributed by atoms with Crippen molar-refractivity contribution in [3.05, 3.63) is 35.4 Å². The van der Waals surface area contributed by atoms with E-state index in [-0.39, 0.29) is 12.1 Å². The first kappa shape index (κ1) is 17.3. The van der Waals surface area contributed by atoms with Crippen LogP contribution in [0.4, 0.5) is 4.79 Å². The number of likely N-dealkylation sites (tertiary alicyclic amines) is 1. The highest BCUT2D eigenvalue weighted by Gasteiger charge is 2.26. The molecular formula is C18H25N3O2. The highest BCUT2D eigenvalue weighted by molar-refractivity contribution is 5.74. The summed E-state index contributed by atoms with van der Waals surface area (Å²) in [5.41, 5.74) is 1.54. The van der Waals surface area contributed by atoms with E-state index in [2.05, 4.69) is 25.2 Å². The van der Waals surface area contributed by atoms with Crippen LogP contribution in [0.2, 0.25) is 0 Å². The van der Waals surface area contributed by atoms with Crippen LogP contribution in [0, 0.1) is 17.2 Å². The third kappa shape index (κ3) is 5.57. The zero-order valence-corrected chi connectivity index (χ0v) is 13.9. The van der Waals surface area contributed by atoms with Gasteiger partial charge in [0.1, 0.15) is 0 Å². The number of nitrogens with one attached hydrogen (secondary N) is 1. The van der Waals surface area contributed by atoms with Gasteiger partial charge in [-0.2, -0.15) is 5.26 Å². The molecule has 2 rings (SSSR count). The smallest absolute Gasteiger partial charge is 0.317 e. The fourth-order valence-corrected chi connectivity index (χ4v) is 2.56. The first-order chi connectivity index (χ1) is 11.1. The summed E-state index contributed by atoms with van der Waals surface area (Å²) < 4.78 is 5.83. The number of rotatable bonds is 6. The summed E-state index contributed by atoms with van der Waals surface area (Å²) in [6.45, 7) is 6.94. The van der Waals surface area contributed by atoms with Crippen LogP contribution in [0.15, 0.2) is 24.3 Å². The number of amides is 2. The van der Waals surface area contributed by atoms with Crippen LogP contribution in [-0.4, -0.2) is 36.7 Å². The van der Waals surface area contributed by atoms with E-state index < -0.39 is 0 Å². The monoisotopic (exact) mass is 315 g/mol. The topological polar surface area (TPSA) is 65.4 Å². The predicted molar refractivity (Wildman–Crippen MR) is 88.8 cm³/mol. The number of hydrogen-bond donors (Lipinski definition) is 1. The summed E-state index contributed by atoms with van der Waals surface area (Å²) in [5.74, 6) is 0.639. The Bertz CT molecular complexity index is 566. The molecule has 0 radical (unpaired) electrons. The molecular weight excluding hydrogens is 290 g/mol. The predicted octanol–water partition coefficient (Wildman–Crippen LogP) is 2.90. The number of carbonyl (C=O) groups excluding carboxylic acids is 1. The SMILES string of the molecule is CC(C)CCO[C@H]1CCN(C(=O)NCc2cccc(C#N)c2)C1. The summed E-state index contributed by atoms with van der Waals surface area (Å²) in [5, 5.41) is 11.8. The Balaban J connectivity index is 1.73. The summed E-state index contributed by atoms with van der Waals surface area (Å²) >= 11 is 0. The highest BCUT2D eigenvalue weighted by Crippen LogP contribution is 2.14. The van der Waals surface area contributed by atoms with E-state index in [4.69, 9.17) is 10.00 Å². The number of nitrogens with zero attached hydrogens (tertiary/aromatic N) is 2. The Kier molecular flexibility index (Phi) is 6.42. The normalized spacial score (nSPS) is 17.3. The molecule has 124 valence electrons. The maximum absolute atomic E-state index is 12.2. The molecule has 0 spiro atoms. The fraction of sp³-hybridized carbons (Fsp3) is 0.556. The molecule has 5 nitrogen and oxygen atoms in total. The van der Waals surface area contributed by atoms with E-state index in [0.717, 1.165) is 31.6 Å². The van der Waals surface area contributed by atoms with Crippen molar-refractivity contribution in [2.75, 3.05) is 19.7 Å². The second-order valence-corrected chi connectivity index (χ2v) is 6.38. The summed E-state index contributed by atoms with van der Waals surface area (Å²) in [4.78, 5) is 14.0. The first-order valence-electron chi connectivity index (χ1n) is 8.22. The van der Waals surface area contributed by atoms with E-state index in [1.54, 1.807) is 17.0 Å².